The molecule has 3 N–H and O–H groups in total. The molecule has 0 aliphatic heterocycles. The van der Waals surface area contributed by atoms with E-state index < -0.39 is 5.82 Å². The summed E-state index contributed by atoms with van der Waals surface area (Å²) in [6.07, 6.45) is 0.541. The maximum Gasteiger partial charge on any atom is 0.251 e. The van der Waals surface area contributed by atoms with Crippen molar-refractivity contribution < 1.29 is 14.0 Å². The number of nitrogens with one attached hydrogen (secondary N) is 1. The van der Waals surface area contributed by atoms with E-state index >= 15 is 0 Å². The van der Waals surface area contributed by atoms with Gasteiger partial charge in [0.05, 0.1) is 12.1 Å². The second-order valence-corrected chi connectivity index (χ2v) is 6.93. The van der Waals surface area contributed by atoms with Crippen LogP contribution in [0.15, 0.2) is 72.8 Å². The lowest BCUT2D eigenvalue weighted by Gasteiger charge is -2.18. The Morgan fingerprint density at radius 1 is 0.893 bits per heavy atom. The number of hydrogen-bond acceptors (Lipinski definition) is 3. The van der Waals surface area contributed by atoms with Gasteiger partial charge in [-0.1, -0.05) is 42.5 Å². The highest BCUT2D eigenvalue weighted by Crippen LogP contribution is 2.31. The average Bonchev–Trinajstić information content (AvgIpc) is 3.03. The van der Waals surface area contributed by atoms with Crippen molar-refractivity contribution >= 4 is 11.7 Å². The Kier molecular flexibility index (Phi) is 4.75. The molecule has 0 aromatic heterocycles. The van der Waals surface area contributed by atoms with Crippen LogP contribution in [-0.4, -0.2) is 17.7 Å². The molecule has 1 aliphatic carbocycles. The third-order valence-corrected chi connectivity index (χ3v) is 5.10. The topological polar surface area (TPSA) is 72.2 Å². The van der Waals surface area contributed by atoms with Crippen LogP contribution in [0.25, 0.3) is 0 Å². The van der Waals surface area contributed by atoms with Gasteiger partial charge in [0, 0.05) is 16.7 Å². The molecular formula is C23H19FN2O2. The molecule has 4 rings (SSSR count). The lowest BCUT2D eigenvalue weighted by molar-refractivity contribution is 0.0932. The quantitative estimate of drug-likeness (QED) is 0.688. The Balaban J connectivity index is 1.52. The highest BCUT2D eigenvalue weighted by atomic mass is 19.1. The van der Waals surface area contributed by atoms with E-state index in [1.807, 2.05) is 30.3 Å². The maximum absolute atomic E-state index is 13.0. The van der Waals surface area contributed by atoms with E-state index in [0.717, 1.165) is 11.1 Å². The standard InChI is InChI=1S/C23H19FN2O2/c24-18-9-6-15(7-10-18)23(28)26-20-13-17-12-16(8-11-19(17)21(20)25)22(27)14-4-2-1-3-5-14/h1-12,20-21H,13,25H2,(H,26,28). The van der Waals surface area contributed by atoms with Crippen molar-refractivity contribution in [3.8, 4) is 0 Å². The smallest absolute Gasteiger partial charge is 0.251 e. The molecule has 5 heteroatoms. The molecule has 2 atom stereocenters. The minimum Gasteiger partial charge on any atom is -0.347 e. The monoisotopic (exact) mass is 374 g/mol. The van der Waals surface area contributed by atoms with Gasteiger partial charge < -0.3 is 11.1 Å². The number of carbonyl (C=O) groups is 2. The summed E-state index contributed by atoms with van der Waals surface area (Å²) in [5.41, 5.74) is 9.81. The summed E-state index contributed by atoms with van der Waals surface area (Å²) in [4.78, 5) is 25.1. The van der Waals surface area contributed by atoms with Crippen LogP contribution in [0.5, 0.6) is 0 Å². The van der Waals surface area contributed by atoms with Gasteiger partial charge in [-0.2, -0.15) is 0 Å². The first-order valence-corrected chi connectivity index (χ1v) is 9.07. The highest BCUT2D eigenvalue weighted by Gasteiger charge is 2.31. The van der Waals surface area contributed by atoms with Crippen LogP contribution in [-0.2, 0) is 6.42 Å². The zero-order valence-corrected chi connectivity index (χ0v) is 15.1. The molecule has 4 nitrogen and oxygen atoms in total. The lowest BCUT2D eigenvalue weighted by Crippen LogP contribution is -2.40. The molecule has 0 spiro atoms. The van der Waals surface area contributed by atoms with Crippen molar-refractivity contribution in [2.75, 3.05) is 0 Å². The molecule has 28 heavy (non-hydrogen) atoms. The number of ketones is 1. The number of halogens is 1. The van der Waals surface area contributed by atoms with Crippen molar-refractivity contribution in [3.05, 3.63) is 106 Å². The molecule has 0 fully saturated rings. The first kappa shape index (κ1) is 18.1. The van der Waals surface area contributed by atoms with E-state index in [1.54, 1.807) is 18.2 Å². The normalized spacial score (nSPS) is 17.8. The largest absolute Gasteiger partial charge is 0.347 e. The van der Waals surface area contributed by atoms with E-state index in [4.69, 9.17) is 5.73 Å². The van der Waals surface area contributed by atoms with Gasteiger partial charge in [0.2, 0.25) is 0 Å². The summed E-state index contributed by atoms with van der Waals surface area (Å²) in [7, 11) is 0. The number of amides is 1. The van der Waals surface area contributed by atoms with Gasteiger partial charge in [0.15, 0.2) is 5.78 Å². The van der Waals surface area contributed by atoms with Crippen molar-refractivity contribution in [3.63, 3.8) is 0 Å². The average molecular weight is 374 g/mol. The SMILES string of the molecule is NC1c2ccc(C(=O)c3ccccc3)cc2CC1NC(=O)c1ccc(F)cc1. The molecule has 1 amide bonds. The summed E-state index contributed by atoms with van der Waals surface area (Å²) in [5.74, 6) is -0.734. The zero-order chi connectivity index (χ0) is 19.7. The Morgan fingerprint density at radius 2 is 1.57 bits per heavy atom. The Morgan fingerprint density at radius 3 is 2.29 bits per heavy atom. The molecule has 2 unspecified atom stereocenters. The summed E-state index contributed by atoms with van der Waals surface area (Å²) < 4.78 is 13.0. The first-order valence-electron chi connectivity index (χ1n) is 9.07. The van der Waals surface area contributed by atoms with Crippen LogP contribution in [0, 0.1) is 5.82 Å². The summed E-state index contributed by atoms with van der Waals surface area (Å²) >= 11 is 0. The fraction of sp³-hybridized carbons (Fsp3) is 0.130. The molecule has 0 saturated heterocycles. The molecule has 0 saturated carbocycles. The molecule has 0 radical (unpaired) electrons. The molecule has 3 aromatic carbocycles. The van der Waals surface area contributed by atoms with Crippen molar-refractivity contribution in [1.29, 1.82) is 0 Å². The van der Waals surface area contributed by atoms with E-state index in [-0.39, 0.29) is 23.8 Å². The Bertz CT molecular complexity index is 1030. The molecule has 140 valence electrons. The van der Waals surface area contributed by atoms with Crippen LogP contribution >= 0.6 is 0 Å². The summed E-state index contributed by atoms with van der Waals surface area (Å²) in [6, 6.07) is 19.3. The number of rotatable bonds is 4. The van der Waals surface area contributed by atoms with E-state index in [9.17, 15) is 14.0 Å². The fourth-order valence-corrected chi connectivity index (χ4v) is 3.58. The minimum atomic E-state index is -0.392. The maximum atomic E-state index is 13.0. The van der Waals surface area contributed by atoms with Crippen LogP contribution in [0.2, 0.25) is 0 Å². The Hall–Kier alpha value is -3.31. The zero-order valence-electron chi connectivity index (χ0n) is 15.1. The fourth-order valence-electron chi connectivity index (χ4n) is 3.58. The molecule has 3 aromatic rings. The van der Waals surface area contributed by atoms with E-state index in [2.05, 4.69) is 5.32 Å². The van der Waals surface area contributed by atoms with E-state index in [1.165, 1.54) is 24.3 Å². The Labute approximate surface area is 162 Å². The van der Waals surface area contributed by atoms with Crippen molar-refractivity contribution in [2.24, 2.45) is 5.73 Å². The van der Waals surface area contributed by atoms with Crippen molar-refractivity contribution in [1.82, 2.24) is 5.32 Å². The predicted molar refractivity (Wildman–Crippen MR) is 105 cm³/mol. The third kappa shape index (κ3) is 3.44. The first-order chi connectivity index (χ1) is 13.5. The minimum absolute atomic E-state index is 0.0456. The third-order valence-electron chi connectivity index (χ3n) is 5.10. The number of benzene rings is 3. The van der Waals surface area contributed by atoms with Gasteiger partial charge >= 0.3 is 0 Å². The number of carbonyl (C=O) groups excluding carboxylic acids is 2. The van der Waals surface area contributed by atoms with Crippen LogP contribution in [0.1, 0.15) is 43.4 Å². The van der Waals surface area contributed by atoms with E-state index in [0.29, 0.717) is 23.1 Å². The summed E-state index contributed by atoms with van der Waals surface area (Å²) in [6.45, 7) is 0. The van der Waals surface area contributed by atoms with Gasteiger partial charge in [-0.3, -0.25) is 9.59 Å². The van der Waals surface area contributed by atoms with Crippen LogP contribution in [0.4, 0.5) is 4.39 Å². The van der Waals surface area contributed by atoms with Gasteiger partial charge in [0.25, 0.3) is 5.91 Å². The molecule has 0 bridgehead atoms. The van der Waals surface area contributed by atoms with Gasteiger partial charge in [-0.25, -0.2) is 4.39 Å². The summed E-state index contributed by atoms with van der Waals surface area (Å²) in [5, 5.41) is 2.92. The second-order valence-electron chi connectivity index (χ2n) is 6.93. The van der Waals surface area contributed by atoms with Gasteiger partial charge in [-0.15, -0.1) is 0 Å². The van der Waals surface area contributed by atoms with Gasteiger partial charge in [0.1, 0.15) is 5.82 Å². The van der Waals surface area contributed by atoms with Crippen LogP contribution in [0.3, 0.4) is 0 Å². The molecule has 1 aliphatic rings. The highest BCUT2D eigenvalue weighted by molar-refractivity contribution is 6.09. The second kappa shape index (κ2) is 7.37. The molecular weight excluding hydrogens is 355 g/mol. The number of hydrogen-bond donors (Lipinski definition) is 2. The lowest BCUT2D eigenvalue weighted by atomic mass is 9.99. The number of fused-ring (bicyclic) bond motifs is 1. The van der Waals surface area contributed by atoms with Gasteiger partial charge in [-0.05, 0) is 47.9 Å². The predicted octanol–water partition coefficient (Wildman–Crippen LogP) is 3.41. The number of nitrogens with two attached hydrogens (primary N) is 1. The molecule has 0 heterocycles. The van der Waals surface area contributed by atoms with Crippen LogP contribution < -0.4 is 11.1 Å². The van der Waals surface area contributed by atoms with Crippen molar-refractivity contribution in [2.45, 2.75) is 18.5 Å².